The fourth-order valence-electron chi connectivity index (χ4n) is 1.85. The Bertz CT molecular complexity index is 759. The van der Waals surface area contributed by atoms with Gasteiger partial charge in [0.1, 0.15) is 0 Å². The molecule has 1 aliphatic rings. The van der Waals surface area contributed by atoms with E-state index in [-0.39, 0.29) is 0 Å². The number of nitrogens with two attached hydrogens (primary N) is 1. The number of hydrogen-bond donors (Lipinski definition) is 1. The largest absolute Gasteiger partial charge is 0.367 e. The van der Waals surface area contributed by atoms with Crippen molar-refractivity contribution in [2.24, 2.45) is 5.73 Å². The zero-order valence-electron chi connectivity index (χ0n) is 12.4. The average molecular weight is 351 g/mol. The van der Waals surface area contributed by atoms with Crippen molar-refractivity contribution in [2.75, 3.05) is 11.2 Å². The van der Waals surface area contributed by atoms with Gasteiger partial charge in [0.15, 0.2) is 5.37 Å². The summed E-state index contributed by atoms with van der Waals surface area (Å²) in [5.41, 5.74) is 5.86. The van der Waals surface area contributed by atoms with Crippen molar-refractivity contribution in [2.45, 2.75) is 5.37 Å². The van der Waals surface area contributed by atoms with E-state index in [4.69, 9.17) is 5.73 Å². The van der Waals surface area contributed by atoms with Crippen molar-refractivity contribution in [1.82, 2.24) is 3.97 Å². The third-order valence-corrected chi connectivity index (χ3v) is 4.91. The molecule has 6 nitrogen and oxygen atoms in total. The highest BCUT2D eigenvalue weighted by Gasteiger charge is 2.27. The number of benzene rings is 1. The second-order valence-electron chi connectivity index (χ2n) is 4.70. The Balaban J connectivity index is 0.000000268. The van der Waals surface area contributed by atoms with Crippen molar-refractivity contribution >= 4 is 33.4 Å². The molecule has 0 bridgehead atoms. The van der Waals surface area contributed by atoms with Gasteiger partial charge >= 0.3 is 0 Å². The number of primary amides is 1. The zero-order chi connectivity index (χ0) is 16.9. The summed E-state index contributed by atoms with van der Waals surface area (Å²) in [6.07, 6.45) is 5.68. The molecule has 1 atom stereocenters. The number of nitrogens with zero attached hydrogens (tertiary/aromatic N) is 2. The number of thioether (sulfide) groups is 1. The smallest absolute Gasteiger partial charge is 0.251 e. The monoisotopic (exact) mass is 351 g/mol. The van der Waals surface area contributed by atoms with E-state index in [1.165, 1.54) is 24.2 Å². The van der Waals surface area contributed by atoms with Gasteiger partial charge in [0.25, 0.3) is 5.91 Å². The molecule has 0 saturated carbocycles. The predicted molar refractivity (Wildman–Crippen MR) is 93.3 cm³/mol. The molecule has 2 N–H and O–H groups in total. The molecule has 0 spiro atoms. The minimum Gasteiger partial charge on any atom is -0.367 e. The van der Waals surface area contributed by atoms with Crippen molar-refractivity contribution in [1.29, 1.82) is 0 Å². The summed E-state index contributed by atoms with van der Waals surface area (Å²) >= 11 is 1.28. The molecule has 1 amide bonds. The van der Waals surface area contributed by atoms with Gasteiger partial charge < -0.3 is 10.6 Å². The average Bonchev–Trinajstić information content (AvgIpc) is 3.18. The Kier molecular flexibility index (Phi) is 5.51. The van der Waals surface area contributed by atoms with E-state index >= 15 is 0 Å². The number of rotatable bonds is 3. The Labute approximate surface area is 139 Å². The highest BCUT2D eigenvalue weighted by molar-refractivity contribution is 8.03. The maximum absolute atomic E-state index is 11.3. The lowest BCUT2D eigenvalue weighted by molar-refractivity contribution is -0.117. The maximum atomic E-state index is 11.3. The molecule has 2 heterocycles. The number of aromatic nitrogens is 1. The Morgan fingerprint density at radius 3 is 2.17 bits per heavy atom. The number of hydrogen-bond acceptors (Lipinski definition) is 5. The van der Waals surface area contributed by atoms with E-state index in [2.05, 4.69) is 0 Å². The van der Waals surface area contributed by atoms with Gasteiger partial charge in [-0.3, -0.25) is 8.77 Å². The molecule has 0 saturated heterocycles. The third-order valence-electron chi connectivity index (χ3n) is 2.92. The van der Waals surface area contributed by atoms with Gasteiger partial charge in [-0.2, -0.15) is 0 Å². The van der Waals surface area contributed by atoms with Gasteiger partial charge in [0, 0.05) is 18.6 Å². The molecule has 0 radical (unpaired) electrons. The van der Waals surface area contributed by atoms with E-state index in [1.807, 2.05) is 36.4 Å². The summed E-state index contributed by atoms with van der Waals surface area (Å²) < 4.78 is 23.7. The summed E-state index contributed by atoms with van der Waals surface area (Å²) in [5, 5.41) is 1.22. The third kappa shape index (κ3) is 4.64. The van der Waals surface area contributed by atoms with Crippen molar-refractivity contribution in [3.05, 3.63) is 66.5 Å². The highest BCUT2D eigenvalue weighted by Crippen LogP contribution is 2.30. The van der Waals surface area contributed by atoms with Gasteiger partial charge in [-0.15, -0.1) is 0 Å². The number of carbonyl (C=O) groups excluding carboxylic acids is 1. The molecule has 3 rings (SSSR count). The number of amides is 1. The Hall–Kier alpha value is -2.19. The zero-order valence-corrected chi connectivity index (χ0v) is 14.1. The van der Waals surface area contributed by atoms with Crippen LogP contribution in [0.25, 0.3) is 0 Å². The summed E-state index contributed by atoms with van der Waals surface area (Å²) in [6.45, 7) is 0. The van der Waals surface area contributed by atoms with Crippen LogP contribution < -0.4 is 10.6 Å². The van der Waals surface area contributed by atoms with Crippen LogP contribution in [-0.4, -0.2) is 29.9 Å². The summed E-state index contributed by atoms with van der Waals surface area (Å²) in [4.78, 5) is 12.8. The van der Waals surface area contributed by atoms with E-state index in [0.717, 1.165) is 10.2 Å². The SMILES string of the molecule is CS(=O)(=O)n1ccc(N2C=CSC2C(N)=O)c1.c1ccccc1. The molecule has 2 aromatic rings. The first kappa shape index (κ1) is 17.2. The molecule has 122 valence electrons. The van der Waals surface area contributed by atoms with Crippen LogP contribution >= 0.6 is 11.8 Å². The van der Waals surface area contributed by atoms with Crippen LogP contribution in [-0.2, 0) is 14.8 Å². The molecular formula is C15H17N3O3S2. The van der Waals surface area contributed by atoms with Crippen LogP contribution in [0.5, 0.6) is 0 Å². The standard InChI is InChI=1S/C9H11N3O3S2.C6H6/c1-17(14,15)11-3-2-7(6-11)12-4-5-16-9(12)8(10)13;1-2-4-6-5-3-1/h2-6,9H,1H3,(H2,10,13);1-6H. The predicted octanol–water partition coefficient (Wildman–Crippen LogP) is 1.82. The van der Waals surface area contributed by atoms with Crippen LogP contribution in [0.3, 0.4) is 0 Å². The molecule has 1 aromatic heterocycles. The molecule has 0 fully saturated rings. The Morgan fingerprint density at radius 2 is 1.74 bits per heavy atom. The quantitative estimate of drug-likeness (QED) is 0.912. The minimum absolute atomic E-state index is 0.466. The molecule has 1 aliphatic heterocycles. The lowest BCUT2D eigenvalue weighted by atomic mass is 10.4. The normalized spacial score (nSPS) is 16.7. The molecular weight excluding hydrogens is 334 g/mol. The summed E-state index contributed by atoms with van der Waals surface area (Å²) in [5.74, 6) is -0.466. The van der Waals surface area contributed by atoms with Crippen LogP contribution in [0.2, 0.25) is 0 Å². The molecule has 8 heteroatoms. The van der Waals surface area contributed by atoms with Crippen molar-refractivity contribution in [3.63, 3.8) is 0 Å². The van der Waals surface area contributed by atoms with Crippen molar-refractivity contribution < 1.29 is 13.2 Å². The second kappa shape index (κ2) is 7.38. The molecule has 1 unspecified atom stereocenters. The molecule has 1 aromatic carbocycles. The van der Waals surface area contributed by atoms with Crippen molar-refractivity contribution in [3.8, 4) is 0 Å². The van der Waals surface area contributed by atoms with Gasteiger partial charge in [0.2, 0.25) is 10.0 Å². The first-order chi connectivity index (χ1) is 10.9. The maximum Gasteiger partial charge on any atom is 0.251 e. The molecule has 0 aliphatic carbocycles. The van der Waals surface area contributed by atoms with Gasteiger partial charge in [-0.05, 0) is 11.5 Å². The summed E-state index contributed by atoms with van der Waals surface area (Å²) in [6, 6.07) is 13.6. The molecule has 23 heavy (non-hydrogen) atoms. The number of anilines is 1. The minimum atomic E-state index is -3.31. The Morgan fingerprint density at radius 1 is 1.17 bits per heavy atom. The van der Waals surface area contributed by atoms with Crippen LogP contribution in [0.4, 0.5) is 5.69 Å². The topological polar surface area (TPSA) is 85.4 Å². The lowest BCUT2D eigenvalue weighted by Crippen LogP contribution is -2.36. The van der Waals surface area contributed by atoms with Crippen LogP contribution in [0.15, 0.2) is 66.5 Å². The fraction of sp³-hybridized carbons (Fsp3) is 0.133. The van der Waals surface area contributed by atoms with Crippen LogP contribution in [0.1, 0.15) is 0 Å². The summed E-state index contributed by atoms with van der Waals surface area (Å²) in [7, 11) is -3.31. The first-order valence-electron chi connectivity index (χ1n) is 6.68. The second-order valence-corrected chi connectivity index (χ2v) is 7.58. The first-order valence-corrected chi connectivity index (χ1v) is 9.47. The van der Waals surface area contributed by atoms with E-state index < -0.39 is 21.3 Å². The van der Waals surface area contributed by atoms with Gasteiger partial charge in [-0.25, -0.2) is 8.42 Å². The van der Waals surface area contributed by atoms with E-state index in [1.54, 1.807) is 22.6 Å². The van der Waals surface area contributed by atoms with E-state index in [9.17, 15) is 13.2 Å². The van der Waals surface area contributed by atoms with Gasteiger partial charge in [-0.1, -0.05) is 48.2 Å². The van der Waals surface area contributed by atoms with Gasteiger partial charge in [0.05, 0.1) is 11.9 Å². The van der Waals surface area contributed by atoms with E-state index in [0.29, 0.717) is 5.69 Å². The highest BCUT2D eigenvalue weighted by atomic mass is 32.2. The lowest BCUT2D eigenvalue weighted by Gasteiger charge is -2.20. The fourth-order valence-corrected chi connectivity index (χ4v) is 3.24. The van der Waals surface area contributed by atoms with Crippen LogP contribution in [0, 0.1) is 0 Å². The number of carbonyl (C=O) groups is 1.